The summed E-state index contributed by atoms with van der Waals surface area (Å²) in [5.74, 6) is 3.01. The van der Waals surface area contributed by atoms with Gasteiger partial charge in [0.05, 0.1) is 34.5 Å². The summed E-state index contributed by atoms with van der Waals surface area (Å²) in [5.41, 5.74) is 3.11. The molecule has 3 aromatic rings. The van der Waals surface area contributed by atoms with Crippen LogP contribution in [0, 0.1) is 0 Å². The van der Waals surface area contributed by atoms with Crippen molar-refractivity contribution >= 4 is 17.4 Å². The Hall–Kier alpha value is -4.21. The summed E-state index contributed by atoms with van der Waals surface area (Å²) in [4.78, 5) is 13.7. The van der Waals surface area contributed by atoms with Crippen molar-refractivity contribution in [3.63, 3.8) is 0 Å². The fourth-order valence-corrected chi connectivity index (χ4v) is 4.80. The van der Waals surface area contributed by atoms with Crippen LogP contribution in [0.5, 0.6) is 23.0 Å². The third-order valence-electron chi connectivity index (χ3n) is 6.47. The van der Waals surface area contributed by atoms with Crippen LogP contribution in [0.25, 0.3) is 0 Å². The number of hydrogen-bond donors (Lipinski definition) is 2. The molecule has 0 saturated carbocycles. The number of rotatable bonds is 6. The first-order valence-electron chi connectivity index (χ1n) is 11.1. The van der Waals surface area contributed by atoms with Crippen molar-refractivity contribution in [2.24, 2.45) is 0 Å². The largest absolute Gasteiger partial charge is 0.497 e. The zero-order chi connectivity index (χ0) is 24.5. The van der Waals surface area contributed by atoms with Crippen molar-refractivity contribution in [2.75, 3.05) is 39.1 Å². The molecule has 1 aliphatic heterocycles. The molecule has 0 fully saturated rings. The van der Waals surface area contributed by atoms with Crippen LogP contribution in [-0.4, -0.2) is 44.5 Å². The van der Waals surface area contributed by atoms with Gasteiger partial charge >= 0.3 is 0 Å². The number of fused-ring (bicyclic) bond motifs is 1. The van der Waals surface area contributed by atoms with E-state index >= 15 is 0 Å². The van der Waals surface area contributed by atoms with Crippen LogP contribution in [0.3, 0.4) is 0 Å². The summed E-state index contributed by atoms with van der Waals surface area (Å²) >= 11 is 0. The van der Waals surface area contributed by atoms with Gasteiger partial charge in [-0.3, -0.25) is 4.79 Å². The summed E-state index contributed by atoms with van der Waals surface area (Å²) < 4.78 is 27.0. The van der Waals surface area contributed by atoms with E-state index < -0.39 is 6.04 Å². The van der Waals surface area contributed by atoms with Crippen LogP contribution in [0.4, 0.5) is 11.6 Å². The van der Waals surface area contributed by atoms with Gasteiger partial charge in [0.1, 0.15) is 5.75 Å². The van der Waals surface area contributed by atoms with Gasteiger partial charge in [-0.1, -0.05) is 12.1 Å². The highest BCUT2D eigenvalue weighted by Gasteiger charge is 2.39. The molecule has 1 aliphatic carbocycles. The lowest BCUT2D eigenvalue weighted by Crippen LogP contribution is -2.27. The summed E-state index contributed by atoms with van der Waals surface area (Å²) in [6, 6.07) is 10.9. The first-order chi connectivity index (χ1) is 17.1. The summed E-state index contributed by atoms with van der Waals surface area (Å²) in [6.07, 6.45) is 0.962. The van der Waals surface area contributed by atoms with Crippen molar-refractivity contribution in [1.29, 1.82) is 0 Å². The van der Waals surface area contributed by atoms with Crippen molar-refractivity contribution in [3.05, 3.63) is 58.8 Å². The monoisotopic (exact) mass is 478 g/mol. The van der Waals surface area contributed by atoms with E-state index in [1.54, 1.807) is 34.5 Å². The second-order valence-electron chi connectivity index (χ2n) is 8.28. The molecule has 2 atom stereocenters. The second-order valence-corrected chi connectivity index (χ2v) is 8.28. The molecule has 0 bridgehead atoms. The molecular weight excluding hydrogens is 452 g/mol. The molecule has 2 aliphatic rings. The molecule has 2 N–H and O–H groups in total. The minimum absolute atomic E-state index is 0.00554. The van der Waals surface area contributed by atoms with Gasteiger partial charge in [0.25, 0.3) is 0 Å². The smallest absolute Gasteiger partial charge is 0.219 e. The maximum atomic E-state index is 13.7. The number of anilines is 2. The number of aromatic nitrogens is 2. The Morgan fingerprint density at radius 1 is 0.857 bits per heavy atom. The SMILES string of the molecule is COc1ccc([C@H]2CC(=O)C3=C(C2)Nc2nonc2N[C@@H]3c2ccc(OC)c(OC)c2OC)cc1. The summed E-state index contributed by atoms with van der Waals surface area (Å²) in [5, 5.41) is 14.6. The normalized spacial score (nSPS) is 19.0. The number of ketones is 1. The number of benzene rings is 2. The Morgan fingerprint density at radius 3 is 2.29 bits per heavy atom. The fourth-order valence-electron chi connectivity index (χ4n) is 4.80. The van der Waals surface area contributed by atoms with Crippen molar-refractivity contribution in [2.45, 2.75) is 24.8 Å². The molecule has 0 unspecified atom stereocenters. The number of ether oxygens (including phenoxy) is 4. The van der Waals surface area contributed by atoms with Gasteiger partial charge in [0.2, 0.25) is 17.4 Å². The Kier molecular flexibility index (Phi) is 5.94. The Labute approximate surface area is 202 Å². The standard InChI is InChI=1S/C25H26N4O6/c1-31-15-7-5-13(6-8-15)14-11-17-20(18(30)12-14)21(27-25-24(26-17)28-35-29-25)16-9-10-19(32-2)23(34-4)22(16)33-3/h5-10,14,21H,11-12H2,1-4H3,(H,26,28)(H,27,29)/t14-,21-/m1/s1. The number of hydrogen-bond acceptors (Lipinski definition) is 10. The van der Waals surface area contributed by atoms with E-state index in [2.05, 4.69) is 20.9 Å². The molecule has 2 heterocycles. The van der Waals surface area contributed by atoms with E-state index in [4.69, 9.17) is 23.6 Å². The van der Waals surface area contributed by atoms with Crippen molar-refractivity contribution in [3.8, 4) is 23.0 Å². The number of carbonyl (C=O) groups excluding carboxylic acids is 1. The lowest BCUT2D eigenvalue weighted by Gasteiger charge is -2.30. The number of methoxy groups -OCH3 is 4. The van der Waals surface area contributed by atoms with Crippen LogP contribution < -0.4 is 29.6 Å². The lowest BCUT2D eigenvalue weighted by atomic mass is 9.78. The zero-order valence-corrected chi connectivity index (χ0v) is 19.9. The van der Waals surface area contributed by atoms with E-state index in [1.165, 1.54) is 0 Å². The van der Waals surface area contributed by atoms with Crippen LogP contribution in [0.1, 0.15) is 35.9 Å². The molecule has 0 saturated heterocycles. The fraction of sp³-hybridized carbons (Fsp3) is 0.320. The average Bonchev–Trinajstić information content (AvgIpc) is 3.26. The van der Waals surface area contributed by atoms with Gasteiger partial charge in [0, 0.05) is 23.3 Å². The van der Waals surface area contributed by atoms with Crippen molar-refractivity contribution < 1.29 is 28.4 Å². The van der Waals surface area contributed by atoms with Crippen LogP contribution in [-0.2, 0) is 4.79 Å². The molecule has 2 aromatic carbocycles. The average molecular weight is 479 g/mol. The summed E-state index contributed by atoms with van der Waals surface area (Å²) in [7, 11) is 6.28. The molecule has 1 aromatic heterocycles. The van der Waals surface area contributed by atoms with Gasteiger partial charge in [-0.25, -0.2) is 4.63 Å². The molecule has 5 rings (SSSR count). The quantitative estimate of drug-likeness (QED) is 0.537. The lowest BCUT2D eigenvalue weighted by molar-refractivity contribution is -0.116. The minimum Gasteiger partial charge on any atom is -0.497 e. The van der Waals surface area contributed by atoms with E-state index in [1.807, 2.05) is 30.3 Å². The maximum absolute atomic E-state index is 13.7. The molecule has 182 valence electrons. The van der Waals surface area contributed by atoms with E-state index in [0.717, 1.165) is 17.0 Å². The number of Topliss-reactive ketones (excluding diaryl/α,β-unsaturated/α-hetero) is 1. The third kappa shape index (κ3) is 3.90. The molecule has 0 amide bonds. The highest BCUT2D eigenvalue weighted by atomic mass is 16.6. The van der Waals surface area contributed by atoms with E-state index in [0.29, 0.717) is 52.9 Å². The molecule has 35 heavy (non-hydrogen) atoms. The third-order valence-corrected chi connectivity index (χ3v) is 6.47. The maximum Gasteiger partial charge on any atom is 0.219 e. The van der Waals surface area contributed by atoms with Gasteiger partial charge in [-0.15, -0.1) is 0 Å². The highest BCUT2D eigenvalue weighted by molar-refractivity contribution is 6.01. The van der Waals surface area contributed by atoms with E-state index in [-0.39, 0.29) is 11.7 Å². The van der Waals surface area contributed by atoms with Gasteiger partial charge in [-0.2, -0.15) is 0 Å². The Morgan fingerprint density at radius 2 is 1.60 bits per heavy atom. The minimum atomic E-state index is -0.579. The van der Waals surface area contributed by atoms with Crippen LogP contribution in [0.15, 0.2) is 52.3 Å². The zero-order valence-electron chi connectivity index (χ0n) is 19.9. The molecule has 10 nitrogen and oxygen atoms in total. The Balaban J connectivity index is 1.62. The molecular formula is C25H26N4O6. The molecule has 0 radical (unpaired) electrons. The predicted molar refractivity (Wildman–Crippen MR) is 127 cm³/mol. The van der Waals surface area contributed by atoms with Gasteiger partial charge in [-0.05, 0) is 52.5 Å². The topological polar surface area (TPSA) is 117 Å². The number of allylic oxidation sites excluding steroid dienone is 1. The van der Waals surface area contributed by atoms with Gasteiger partial charge in [0.15, 0.2) is 17.3 Å². The van der Waals surface area contributed by atoms with Gasteiger partial charge < -0.3 is 29.6 Å². The first-order valence-corrected chi connectivity index (χ1v) is 11.1. The van der Waals surface area contributed by atoms with Crippen LogP contribution in [0.2, 0.25) is 0 Å². The number of nitrogens with zero attached hydrogens (tertiary/aromatic N) is 2. The summed E-state index contributed by atoms with van der Waals surface area (Å²) in [6.45, 7) is 0. The van der Waals surface area contributed by atoms with Crippen LogP contribution >= 0.6 is 0 Å². The van der Waals surface area contributed by atoms with Crippen molar-refractivity contribution in [1.82, 2.24) is 10.3 Å². The first kappa shape index (κ1) is 22.6. The Bertz CT molecular complexity index is 1280. The number of nitrogens with one attached hydrogen (secondary N) is 2. The highest BCUT2D eigenvalue weighted by Crippen LogP contribution is 2.49. The predicted octanol–water partition coefficient (Wildman–Crippen LogP) is 4.08. The second kappa shape index (κ2) is 9.21. The van der Waals surface area contributed by atoms with E-state index in [9.17, 15) is 4.79 Å². The molecule has 10 heteroatoms. The molecule has 0 spiro atoms. The number of carbonyl (C=O) groups is 1.